The molecule has 0 aliphatic carbocycles. The minimum absolute atomic E-state index is 1.14. The van der Waals surface area contributed by atoms with E-state index in [1.54, 1.807) is 0 Å². The minimum Gasteiger partial charge on any atom is -0.144 e. The van der Waals surface area contributed by atoms with Gasteiger partial charge in [-0.25, -0.2) is 0 Å². The van der Waals surface area contributed by atoms with Crippen LogP contribution in [0.25, 0.3) is 10.1 Å². The molecule has 1 heteroatoms. The van der Waals surface area contributed by atoms with Crippen molar-refractivity contribution in [3.8, 4) is 0 Å². The molecule has 0 spiro atoms. The second-order valence-electron chi connectivity index (χ2n) is 3.05. The van der Waals surface area contributed by atoms with Crippen molar-refractivity contribution in [1.29, 1.82) is 0 Å². The van der Waals surface area contributed by atoms with Gasteiger partial charge in [0.1, 0.15) is 0 Å². The van der Waals surface area contributed by atoms with Crippen LogP contribution < -0.4 is 0 Å². The summed E-state index contributed by atoms with van der Waals surface area (Å²) in [5.41, 5.74) is 2.94. The fourth-order valence-electron chi connectivity index (χ4n) is 1.63. The summed E-state index contributed by atoms with van der Waals surface area (Å²) in [5.74, 6) is 0. The van der Waals surface area contributed by atoms with Gasteiger partial charge in [-0.15, -0.1) is 11.3 Å². The molecule has 2 rings (SSSR count). The molecular formula is C11H12S. The van der Waals surface area contributed by atoms with Gasteiger partial charge < -0.3 is 0 Å². The van der Waals surface area contributed by atoms with Crippen molar-refractivity contribution in [3.05, 3.63) is 34.7 Å². The predicted molar refractivity (Wildman–Crippen MR) is 55.9 cm³/mol. The van der Waals surface area contributed by atoms with Gasteiger partial charge in [0.15, 0.2) is 0 Å². The molecule has 1 heterocycles. The quantitative estimate of drug-likeness (QED) is 0.620. The van der Waals surface area contributed by atoms with Gasteiger partial charge in [-0.1, -0.05) is 19.1 Å². The molecule has 0 atom stereocenters. The third-order valence-electron chi connectivity index (χ3n) is 2.31. The van der Waals surface area contributed by atoms with Crippen molar-refractivity contribution < 1.29 is 0 Å². The maximum Gasteiger partial charge on any atom is 0.0377 e. The monoisotopic (exact) mass is 176 g/mol. The number of benzene rings is 1. The molecule has 0 unspecified atom stereocenters. The van der Waals surface area contributed by atoms with Gasteiger partial charge in [-0.2, -0.15) is 0 Å². The number of rotatable bonds is 1. The van der Waals surface area contributed by atoms with Crippen LogP contribution in [0.4, 0.5) is 0 Å². The number of hydrogen-bond donors (Lipinski definition) is 0. The Hall–Kier alpha value is -0.820. The fourth-order valence-corrected chi connectivity index (χ4v) is 2.70. The lowest BCUT2D eigenvalue weighted by atomic mass is 10.0. The van der Waals surface area contributed by atoms with Gasteiger partial charge >= 0.3 is 0 Å². The highest BCUT2D eigenvalue weighted by Crippen LogP contribution is 2.27. The molecule has 0 amide bonds. The van der Waals surface area contributed by atoms with Crippen LogP contribution in [0.15, 0.2) is 23.6 Å². The number of aryl methyl sites for hydroxylation is 2. The van der Waals surface area contributed by atoms with E-state index in [9.17, 15) is 0 Å². The summed E-state index contributed by atoms with van der Waals surface area (Å²) in [7, 11) is 0. The van der Waals surface area contributed by atoms with Crippen molar-refractivity contribution in [2.24, 2.45) is 0 Å². The van der Waals surface area contributed by atoms with E-state index in [-0.39, 0.29) is 0 Å². The number of fused-ring (bicyclic) bond motifs is 1. The zero-order chi connectivity index (χ0) is 8.55. The molecule has 1 aromatic carbocycles. The Bertz CT molecular complexity index is 398. The van der Waals surface area contributed by atoms with Crippen LogP contribution in [-0.4, -0.2) is 0 Å². The molecule has 2 aromatic rings. The Labute approximate surface area is 76.8 Å². The molecule has 0 nitrogen and oxygen atoms in total. The Morgan fingerprint density at radius 3 is 2.83 bits per heavy atom. The molecule has 62 valence electrons. The lowest BCUT2D eigenvalue weighted by Crippen LogP contribution is -1.84. The van der Waals surface area contributed by atoms with Crippen LogP contribution in [-0.2, 0) is 6.42 Å². The van der Waals surface area contributed by atoms with E-state index in [1.807, 2.05) is 11.3 Å². The summed E-state index contributed by atoms with van der Waals surface area (Å²) in [6.45, 7) is 4.42. The first-order valence-electron chi connectivity index (χ1n) is 4.28. The summed E-state index contributed by atoms with van der Waals surface area (Å²) >= 11 is 1.85. The molecule has 0 fully saturated rings. The first-order valence-corrected chi connectivity index (χ1v) is 5.16. The van der Waals surface area contributed by atoms with E-state index in [0.29, 0.717) is 0 Å². The van der Waals surface area contributed by atoms with E-state index in [0.717, 1.165) is 6.42 Å². The maximum absolute atomic E-state index is 2.22. The van der Waals surface area contributed by atoms with Crippen molar-refractivity contribution >= 4 is 21.4 Å². The highest BCUT2D eigenvalue weighted by molar-refractivity contribution is 7.17. The number of thiophene rings is 1. The van der Waals surface area contributed by atoms with Crippen LogP contribution in [0.2, 0.25) is 0 Å². The van der Waals surface area contributed by atoms with E-state index in [1.165, 1.54) is 21.2 Å². The summed E-state index contributed by atoms with van der Waals surface area (Å²) in [4.78, 5) is 0. The van der Waals surface area contributed by atoms with Gasteiger partial charge in [0.25, 0.3) is 0 Å². The summed E-state index contributed by atoms with van der Waals surface area (Å²) in [5, 5.41) is 3.56. The first kappa shape index (κ1) is 7.81. The van der Waals surface area contributed by atoms with Crippen LogP contribution in [0.1, 0.15) is 18.1 Å². The Morgan fingerprint density at radius 2 is 2.08 bits per heavy atom. The summed E-state index contributed by atoms with van der Waals surface area (Å²) in [6.07, 6.45) is 1.14. The van der Waals surface area contributed by atoms with Gasteiger partial charge in [0, 0.05) is 4.70 Å². The van der Waals surface area contributed by atoms with E-state index >= 15 is 0 Å². The second-order valence-corrected chi connectivity index (χ2v) is 3.97. The van der Waals surface area contributed by atoms with Crippen LogP contribution in [0.3, 0.4) is 0 Å². The average Bonchev–Trinajstić information content (AvgIpc) is 2.52. The molecule has 0 radical (unpaired) electrons. The topological polar surface area (TPSA) is 0 Å². The van der Waals surface area contributed by atoms with Gasteiger partial charge in [0.05, 0.1) is 0 Å². The predicted octanol–water partition coefficient (Wildman–Crippen LogP) is 3.77. The average molecular weight is 176 g/mol. The van der Waals surface area contributed by atoms with Crippen molar-refractivity contribution in [2.45, 2.75) is 20.3 Å². The smallest absolute Gasteiger partial charge is 0.0377 e. The van der Waals surface area contributed by atoms with Crippen LogP contribution >= 0.6 is 11.3 Å². The molecule has 0 saturated carbocycles. The lowest BCUT2D eigenvalue weighted by Gasteiger charge is -2.03. The third kappa shape index (κ3) is 1.05. The molecule has 0 saturated heterocycles. The normalized spacial score (nSPS) is 10.8. The largest absolute Gasteiger partial charge is 0.144 e. The zero-order valence-electron chi connectivity index (χ0n) is 7.42. The summed E-state index contributed by atoms with van der Waals surface area (Å²) in [6, 6.07) is 6.62. The minimum atomic E-state index is 1.14. The lowest BCUT2D eigenvalue weighted by molar-refractivity contribution is 1.13. The summed E-state index contributed by atoms with van der Waals surface area (Å²) < 4.78 is 1.47. The van der Waals surface area contributed by atoms with Crippen molar-refractivity contribution in [1.82, 2.24) is 0 Å². The maximum atomic E-state index is 2.22. The zero-order valence-corrected chi connectivity index (χ0v) is 8.24. The molecule has 0 bridgehead atoms. The second kappa shape index (κ2) is 2.91. The molecule has 12 heavy (non-hydrogen) atoms. The van der Waals surface area contributed by atoms with Crippen molar-refractivity contribution in [2.75, 3.05) is 0 Å². The SMILES string of the molecule is CCc1c(C)ccc2ccsc12. The molecule has 0 aliphatic heterocycles. The van der Waals surface area contributed by atoms with E-state index in [2.05, 4.69) is 37.4 Å². The highest BCUT2D eigenvalue weighted by atomic mass is 32.1. The molecule has 0 N–H and O–H groups in total. The molecule has 0 aliphatic rings. The Kier molecular flexibility index (Phi) is 1.89. The van der Waals surface area contributed by atoms with E-state index in [4.69, 9.17) is 0 Å². The van der Waals surface area contributed by atoms with E-state index < -0.39 is 0 Å². The van der Waals surface area contributed by atoms with Gasteiger partial charge in [-0.3, -0.25) is 0 Å². The van der Waals surface area contributed by atoms with Crippen LogP contribution in [0.5, 0.6) is 0 Å². The first-order chi connectivity index (χ1) is 5.83. The molecule has 1 aromatic heterocycles. The van der Waals surface area contributed by atoms with Crippen LogP contribution in [0, 0.1) is 6.92 Å². The standard InChI is InChI=1S/C11H12S/c1-3-10-8(2)4-5-9-6-7-12-11(9)10/h4-7H,3H2,1-2H3. The highest BCUT2D eigenvalue weighted by Gasteiger charge is 2.02. The Morgan fingerprint density at radius 1 is 1.25 bits per heavy atom. The molecular weight excluding hydrogens is 164 g/mol. The Balaban J connectivity index is 2.83. The fraction of sp³-hybridized carbons (Fsp3) is 0.273. The van der Waals surface area contributed by atoms with Crippen molar-refractivity contribution in [3.63, 3.8) is 0 Å². The number of hydrogen-bond acceptors (Lipinski definition) is 1. The van der Waals surface area contributed by atoms with Gasteiger partial charge in [-0.05, 0) is 41.3 Å². The third-order valence-corrected chi connectivity index (χ3v) is 3.30. The van der Waals surface area contributed by atoms with Gasteiger partial charge in [0.2, 0.25) is 0 Å².